The zero-order valence-electron chi connectivity index (χ0n) is 14.6. The van der Waals surface area contributed by atoms with Crippen molar-refractivity contribution in [3.63, 3.8) is 0 Å². The van der Waals surface area contributed by atoms with E-state index >= 15 is 0 Å². The summed E-state index contributed by atoms with van der Waals surface area (Å²) in [6.07, 6.45) is -4.76. The molecule has 0 saturated carbocycles. The van der Waals surface area contributed by atoms with Crippen LogP contribution in [-0.2, 0) is 39.1 Å². The summed E-state index contributed by atoms with van der Waals surface area (Å²) in [6, 6.07) is 11.7. The van der Waals surface area contributed by atoms with Gasteiger partial charge < -0.3 is 9.29 Å². The number of Topliss-reactive ketones (excluding diaryl/α,β-unsaturated/α-hetero) is 1. The van der Waals surface area contributed by atoms with Gasteiger partial charge in [-0.2, -0.15) is 18.4 Å². The highest BCUT2D eigenvalue weighted by Gasteiger charge is 2.34. The Kier molecular flexibility index (Phi) is 7.25. The summed E-state index contributed by atoms with van der Waals surface area (Å²) in [5.74, 6) is -5.16. The summed E-state index contributed by atoms with van der Waals surface area (Å²) in [5.41, 5.74) is -1.49. The molecule has 0 aliphatic heterocycles. The van der Waals surface area contributed by atoms with Gasteiger partial charge in [-0.05, 0) is 23.3 Å². The molecule has 6 nitrogen and oxygen atoms in total. The SMILES string of the molecule is N#CC(C(=O)OCc1ccccc1)C(=O)c1ccc(C(F)(F)F)cc1CS(=O)[O-]. The van der Waals surface area contributed by atoms with Gasteiger partial charge >= 0.3 is 12.1 Å². The van der Waals surface area contributed by atoms with Gasteiger partial charge in [0.25, 0.3) is 0 Å². The maximum atomic E-state index is 12.9. The Morgan fingerprint density at radius 3 is 2.38 bits per heavy atom. The van der Waals surface area contributed by atoms with Crippen molar-refractivity contribution in [2.24, 2.45) is 5.92 Å². The lowest BCUT2D eigenvalue weighted by Gasteiger charge is -2.16. The normalized spacial score (nSPS) is 13.2. The van der Waals surface area contributed by atoms with E-state index in [9.17, 15) is 36.8 Å². The number of benzene rings is 2. The van der Waals surface area contributed by atoms with Gasteiger partial charge in [-0.25, -0.2) is 0 Å². The van der Waals surface area contributed by atoms with Crippen LogP contribution in [0.1, 0.15) is 27.0 Å². The predicted molar refractivity (Wildman–Crippen MR) is 93.7 cm³/mol. The summed E-state index contributed by atoms with van der Waals surface area (Å²) in [5, 5.41) is 9.21. The number of carbonyl (C=O) groups excluding carboxylic acids is 2. The third kappa shape index (κ3) is 5.97. The Morgan fingerprint density at radius 2 is 1.83 bits per heavy atom. The van der Waals surface area contributed by atoms with Crippen LogP contribution < -0.4 is 0 Å². The molecule has 0 aliphatic rings. The Labute approximate surface area is 166 Å². The Morgan fingerprint density at radius 1 is 1.17 bits per heavy atom. The predicted octanol–water partition coefficient (Wildman–Crippen LogP) is 3.15. The van der Waals surface area contributed by atoms with E-state index in [1.54, 1.807) is 30.3 Å². The first-order valence-electron chi connectivity index (χ1n) is 8.04. The molecule has 0 saturated heterocycles. The number of hydrogen-bond acceptors (Lipinski definition) is 6. The number of esters is 1. The third-order valence-electron chi connectivity index (χ3n) is 3.82. The van der Waals surface area contributed by atoms with E-state index in [1.807, 2.05) is 0 Å². The van der Waals surface area contributed by atoms with E-state index < -0.39 is 57.4 Å². The van der Waals surface area contributed by atoms with E-state index in [-0.39, 0.29) is 6.61 Å². The zero-order valence-corrected chi connectivity index (χ0v) is 15.5. The molecule has 2 rings (SSSR count). The van der Waals surface area contributed by atoms with Crippen LogP contribution in [0.5, 0.6) is 0 Å². The minimum Gasteiger partial charge on any atom is -0.772 e. The maximum absolute atomic E-state index is 12.9. The lowest BCUT2D eigenvalue weighted by atomic mass is 9.94. The van der Waals surface area contributed by atoms with Gasteiger partial charge in [-0.1, -0.05) is 47.5 Å². The smallest absolute Gasteiger partial charge is 0.416 e. The molecular formula is C19H13F3NO5S-. The number of ketones is 1. The van der Waals surface area contributed by atoms with Gasteiger partial charge in [0.05, 0.1) is 11.6 Å². The van der Waals surface area contributed by atoms with Gasteiger partial charge in [-0.3, -0.25) is 13.8 Å². The van der Waals surface area contributed by atoms with E-state index in [2.05, 4.69) is 0 Å². The standard InChI is InChI=1S/C19H14F3NO5S/c20-19(21,22)14-6-7-15(13(8-14)11-29(26)27)17(24)16(9-23)18(25)28-10-12-4-2-1-3-5-12/h1-8,16H,10-11H2,(H,26,27)/p-1. The molecule has 152 valence electrons. The van der Waals surface area contributed by atoms with Crippen LogP contribution in [0.3, 0.4) is 0 Å². The molecule has 0 N–H and O–H groups in total. The van der Waals surface area contributed by atoms with Crippen molar-refractivity contribution in [1.29, 1.82) is 5.26 Å². The first kappa shape index (κ1) is 22.3. The fourth-order valence-corrected chi connectivity index (χ4v) is 2.94. The van der Waals surface area contributed by atoms with Crippen LogP contribution >= 0.6 is 0 Å². The van der Waals surface area contributed by atoms with Gasteiger partial charge in [0, 0.05) is 11.3 Å². The van der Waals surface area contributed by atoms with Crippen molar-refractivity contribution < 1.29 is 36.3 Å². The molecule has 0 bridgehead atoms. The molecule has 2 unspecified atom stereocenters. The van der Waals surface area contributed by atoms with Crippen LogP contribution in [-0.4, -0.2) is 20.5 Å². The molecule has 0 radical (unpaired) electrons. The average Bonchev–Trinajstić information content (AvgIpc) is 2.66. The van der Waals surface area contributed by atoms with Crippen LogP contribution in [0.15, 0.2) is 48.5 Å². The van der Waals surface area contributed by atoms with E-state index in [0.29, 0.717) is 17.7 Å². The fraction of sp³-hybridized carbons (Fsp3) is 0.211. The molecule has 0 aromatic heterocycles. The number of hydrogen-bond donors (Lipinski definition) is 0. The highest BCUT2D eigenvalue weighted by atomic mass is 32.2. The van der Waals surface area contributed by atoms with Crippen LogP contribution in [0.25, 0.3) is 0 Å². The van der Waals surface area contributed by atoms with Gasteiger partial charge in [-0.15, -0.1) is 0 Å². The Balaban J connectivity index is 2.28. The second-order valence-electron chi connectivity index (χ2n) is 5.84. The summed E-state index contributed by atoms with van der Waals surface area (Å²) >= 11 is -2.80. The van der Waals surface area contributed by atoms with E-state index in [1.165, 1.54) is 6.07 Å². The van der Waals surface area contributed by atoms with Crippen molar-refractivity contribution in [1.82, 2.24) is 0 Å². The quantitative estimate of drug-likeness (QED) is 0.292. The lowest BCUT2D eigenvalue weighted by Crippen LogP contribution is -2.26. The number of nitrogens with zero attached hydrogens (tertiary/aromatic N) is 1. The van der Waals surface area contributed by atoms with E-state index in [4.69, 9.17) is 4.74 Å². The summed E-state index contributed by atoms with van der Waals surface area (Å²) in [7, 11) is 0. The van der Waals surface area contributed by atoms with Crippen molar-refractivity contribution >= 4 is 22.8 Å². The minimum atomic E-state index is -4.76. The summed E-state index contributed by atoms with van der Waals surface area (Å²) < 4.78 is 65.6. The third-order valence-corrected chi connectivity index (χ3v) is 4.37. The van der Waals surface area contributed by atoms with Gasteiger partial charge in [0.1, 0.15) is 6.61 Å². The minimum absolute atomic E-state index is 0.213. The molecule has 2 aromatic carbocycles. The first-order valence-corrected chi connectivity index (χ1v) is 9.28. The number of rotatable bonds is 7. The molecule has 0 aliphatic carbocycles. The van der Waals surface area contributed by atoms with Crippen molar-refractivity contribution in [2.75, 3.05) is 0 Å². The highest BCUT2D eigenvalue weighted by Crippen LogP contribution is 2.31. The topological polar surface area (TPSA) is 107 Å². The Hall–Kier alpha value is -3.03. The number of ether oxygens (including phenoxy) is 1. The Bertz CT molecular complexity index is 970. The number of halogens is 3. The number of carbonyl (C=O) groups is 2. The zero-order chi connectivity index (χ0) is 21.6. The highest BCUT2D eigenvalue weighted by molar-refractivity contribution is 7.78. The van der Waals surface area contributed by atoms with Crippen molar-refractivity contribution in [3.8, 4) is 6.07 Å². The van der Waals surface area contributed by atoms with E-state index in [0.717, 1.165) is 6.07 Å². The van der Waals surface area contributed by atoms with Gasteiger partial charge in [0.2, 0.25) is 5.92 Å². The molecule has 29 heavy (non-hydrogen) atoms. The molecule has 0 heterocycles. The van der Waals surface area contributed by atoms with Crippen molar-refractivity contribution in [2.45, 2.75) is 18.5 Å². The molecule has 0 fully saturated rings. The number of alkyl halides is 3. The van der Waals surface area contributed by atoms with Crippen LogP contribution in [0, 0.1) is 17.2 Å². The molecule has 2 aromatic rings. The largest absolute Gasteiger partial charge is 0.772 e. The first-order chi connectivity index (χ1) is 13.6. The molecule has 0 amide bonds. The van der Waals surface area contributed by atoms with Gasteiger partial charge in [0.15, 0.2) is 5.78 Å². The van der Waals surface area contributed by atoms with Crippen LogP contribution in [0.4, 0.5) is 13.2 Å². The lowest BCUT2D eigenvalue weighted by molar-refractivity contribution is -0.146. The second kappa shape index (κ2) is 9.45. The summed E-state index contributed by atoms with van der Waals surface area (Å²) in [6.45, 7) is -0.213. The second-order valence-corrected chi connectivity index (χ2v) is 6.73. The monoisotopic (exact) mass is 424 g/mol. The fourth-order valence-electron chi connectivity index (χ4n) is 2.44. The van der Waals surface area contributed by atoms with Crippen molar-refractivity contribution in [3.05, 3.63) is 70.8 Å². The molecule has 2 atom stereocenters. The number of nitriles is 1. The average molecular weight is 424 g/mol. The molecular weight excluding hydrogens is 411 g/mol. The summed E-state index contributed by atoms with van der Waals surface area (Å²) in [4.78, 5) is 24.7. The molecule has 0 spiro atoms. The maximum Gasteiger partial charge on any atom is 0.416 e. The van der Waals surface area contributed by atoms with Crippen LogP contribution in [0.2, 0.25) is 0 Å². The molecule has 10 heteroatoms.